The van der Waals surface area contributed by atoms with E-state index in [1.807, 2.05) is 24.0 Å². The van der Waals surface area contributed by atoms with E-state index < -0.39 is 0 Å². The van der Waals surface area contributed by atoms with Crippen LogP contribution in [0.3, 0.4) is 0 Å². The topological polar surface area (TPSA) is 43.6 Å². The van der Waals surface area contributed by atoms with E-state index >= 15 is 0 Å². The van der Waals surface area contributed by atoms with Crippen LogP contribution in [0.5, 0.6) is 0 Å². The molecule has 2 aromatic heterocycles. The highest BCUT2D eigenvalue weighted by Gasteiger charge is 1.99. The lowest BCUT2D eigenvalue weighted by atomic mass is 10.2. The third-order valence-corrected chi connectivity index (χ3v) is 2.08. The van der Waals surface area contributed by atoms with E-state index in [1.54, 1.807) is 12.4 Å². The molecule has 0 atom stereocenters. The normalized spacial score (nSPS) is 10.2. The van der Waals surface area contributed by atoms with Gasteiger partial charge in [0, 0.05) is 29.7 Å². The molecule has 2 rings (SSSR count). The van der Waals surface area contributed by atoms with Crippen LogP contribution in [-0.2, 0) is 6.54 Å². The molecule has 0 unspecified atom stereocenters. The molecule has 0 aromatic carbocycles. The number of hydrogen-bond acceptors (Lipinski definition) is 3. The summed E-state index contributed by atoms with van der Waals surface area (Å²) in [6, 6.07) is 0. The minimum absolute atomic E-state index is 0.689. The largest absolute Gasteiger partial charge is 0.268 e. The molecule has 4 nitrogen and oxygen atoms in total. The van der Waals surface area contributed by atoms with E-state index in [4.69, 9.17) is 0 Å². The number of hydrogen-bond donors (Lipinski definition) is 0. The Labute approximate surface area is 88.3 Å². The van der Waals surface area contributed by atoms with Gasteiger partial charge in [0.05, 0.1) is 12.7 Å². The summed E-state index contributed by atoms with van der Waals surface area (Å²) in [5.74, 6) is 0. The van der Waals surface area contributed by atoms with Crippen molar-refractivity contribution in [1.82, 2.24) is 19.7 Å². The molecule has 0 aliphatic heterocycles. The molecule has 0 aliphatic rings. The average molecular weight is 200 g/mol. The van der Waals surface area contributed by atoms with E-state index in [-0.39, 0.29) is 0 Å². The zero-order valence-electron chi connectivity index (χ0n) is 8.59. The molecule has 0 bridgehead atoms. The second-order valence-electron chi connectivity index (χ2n) is 3.45. The summed E-state index contributed by atoms with van der Waals surface area (Å²) in [7, 11) is 0. The molecule has 0 N–H and O–H groups in total. The Bertz CT molecular complexity index is 458. The first kappa shape index (κ1) is 9.58. The molecule has 76 valence electrons. The summed E-state index contributed by atoms with van der Waals surface area (Å²) in [6.07, 6.45) is 8.87. The molecule has 0 radical (unpaired) electrons. The molecule has 2 aromatic rings. The molecule has 2 heterocycles. The van der Waals surface area contributed by atoms with Crippen LogP contribution in [0.15, 0.2) is 37.7 Å². The van der Waals surface area contributed by atoms with Gasteiger partial charge in [0.2, 0.25) is 0 Å². The van der Waals surface area contributed by atoms with Crippen molar-refractivity contribution in [3.63, 3.8) is 0 Å². The molecule has 4 heteroatoms. The van der Waals surface area contributed by atoms with Crippen LogP contribution in [-0.4, -0.2) is 19.7 Å². The van der Waals surface area contributed by atoms with Crippen LogP contribution >= 0.6 is 0 Å². The maximum absolute atomic E-state index is 4.23. The zero-order valence-corrected chi connectivity index (χ0v) is 8.59. The van der Waals surface area contributed by atoms with Crippen molar-refractivity contribution in [3.05, 3.63) is 48.8 Å². The molecule has 0 spiro atoms. The summed E-state index contributed by atoms with van der Waals surface area (Å²) in [5.41, 5.74) is 3.12. The monoisotopic (exact) mass is 200 g/mol. The standard InChI is InChI=1S/C11H12N4/c1-9(2)11-5-14-15(7-11)6-10-3-12-8-13-4-10/h3-5,7-8H,1,6H2,2H3. The summed E-state index contributed by atoms with van der Waals surface area (Å²) < 4.78 is 1.85. The third-order valence-electron chi connectivity index (χ3n) is 2.08. The highest BCUT2D eigenvalue weighted by molar-refractivity contribution is 5.59. The fourth-order valence-electron chi connectivity index (χ4n) is 1.27. The third kappa shape index (κ3) is 2.28. The van der Waals surface area contributed by atoms with E-state index in [1.165, 1.54) is 6.33 Å². The average Bonchev–Trinajstić information content (AvgIpc) is 2.68. The van der Waals surface area contributed by atoms with Gasteiger partial charge in [0.1, 0.15) is 6.33 Å². The Kier molecular flexibility index (Phi) is 2.58. The lowest BCUT2D eigenvalue weighted by Crippen LogP contribution is -2.00. The number of rotatable bonds is 3. The maximum Gasteiger partial charge on any atom is 0.115 e. The molecule has 0 aliphatic carbocycles. The van der Waals surface area contributed by atoms with Crippen LogP contribution < -0.4 is 0 Å². The van der Waals surface area contributed by atoms with Gasteiger partial charge >= 0.3 is 0 Å². The van der Waals surface area contributed by atoms with Gasteiger partial charge in [0.15, 0.2) is 0 Å². The second kappa shape index (κ2) is 4.04. The summed E-state index contributed by atoms with van der Waals surface area (Å²) in [4.78, 5) is 7.91. The van der Waals surface area contributed by atoms with Gasteiger partial charge in [0.25, 0.3) is 0 Å². The first-order valence-corrected chi connectivity index (χ1v) is 4.68. The zero-order chi connectivity index (χ0) is 10.7. The molecule has 0 fully saturated rings. The van der Waals surface area contributed by atoms with Crippen LogP contribution in [0.1, 0.15) is 18.1 Å². The van der Waals surface area contributed by atoms with Crippen molar-refractivity contribution in [2.45, 2.75) is 13.5 Å². The Hall–Kier alpha value is -1.97. The van der Waals surface area contributed by atoms with Crippen molar-refractivity contribution < 1.29 is 0 Å². The summed E-state index contributed by atoms with van der Waals surface area (Å²) in [5, 5.41) is 4.23. The molecule has 0 amide bonds. The molecule has 0 saturated heterocycles. The van der Waals surface area contributed by atoms with Crippen LogP contribution in [0, 0.1) is 0 Å². The van der Waals surface area contributed by atoms with Crippen molar-refractivity contribution >= 4 is 5.57 Å². The minimum Gasteiger partial charge on any atom is -0.268 e. The highest BCUT2D eigenvalue weighted by atomic mass is 15.3. The fraction of sp³-hybridized carbons (Fsp3) is 0.182. The SMILES string of the molecule is C=C(C)c1cnn(Cc2cncnc2)c1. The van der Waals surface area contributed by atoms with Crippen molar-refractivity contribution in [3.8, 4) is 0 Å². The minimum atomic E-state index is 0.689. The lowest BCUT2D eigenvalue weighted by Gasteiger charge is -1.99. The van der Waals surface area contributed by atoms with Gasteiger partial charge in [-0.25, -0.2) is 9.97 Å². The van der Waals surface area contributed by atoms with Crippen LogP contribution in [0.25, 0.3) is 5.57 Å². The Balaban J connectivity index is 2.15. The predicted molar refractivity (Wildman–Crippen MR) is 58.1 cm³/mol. The highest BCUT2D eigenvalue weighted by Crippen LogP contribution is 2.10. The van der Waals surface area contributed by atoms with Crippen LogP contribution in [0.2, 0.25) is 0 Å². The van der Waals surface area contributed by atoms with Gasteiger partial charge < -0.3 is 0 Å². The fourth-order valence-corrected chi connectivity index (χ4v) is 1.27. The first-order valence-electron chi connectivity index (χ1n) is 4.68. The van der Waals surface area contributed by atoms with Gasteiger partial charge in [-0.05, 0) is 12.5 Å². The van der Waals surface area contributed by atoms with E-state index in [2.05, 4.69) is 21.6 Å². The smallest absolute Gasteiger partial charge is 0.115 e. The number of nitrogens with zero attached hydrogens (tertiary/aromatic N) is 4. The van der Waals surface area contributed by atoms with Gasteiger partial charge in [-0.2, -0.15) is 5.10 Å². The predicted octanol–water partition coefficient (Wildman–Crippen LogP) is 1.75. The molecule has 15 heavy (non-hydrogen) atoms. The van der Waals surface area contributed by atoms with E-state index in [9.17, 15) is 0 Å². The Morgan fingerprint density at radius 2 is 2.07 bits per heavy atom. The second-order valence-corrected chi connectivity index (χ2v) is 3.45. The van der Waals surface area contributed by atoms with E-state index in [0.717, 1.165) is 16.7 Å². The van der Waals surface area contributed by atoms with Crippen molar-refractivity contribution in [1.29, 1.82) is 0 Å². The summed E-state index contributed by atoms with van der Waals surface area (Å²) in [6.45, 7) is 6.52. The maximum atomic E-state index is 4.23. The quantitative estimate of drug-likeness (QED) is 0.758. The Morgan fingerprint density at radius 1 is 1.33 bits per heavy atom. The van der Waals surface area contributed by atoms with E-state index in [0.29, 0.717) is 6.54 Å². The van der Waals surface area contributed by atoms with Gasteiger partial charge in [-0.1, -0.05) is 6.58 Å². The van der Waals surface area contributed by atoms with Crippen molar-refractivity contribution in [2.24, 2.45) is 0 Å². The molecular formula is C11H12N4. The number of aromatic nitrogens is 4. The first-order chi connectivity index (χ1) is 7.25. The number of allylic oxidation sites excluding steroid dienone is 1. The Morgan fingerprint density at radius 3 is 2.67 bits per heavy atom. The van der Waals surface area contributed by atoms with Crippen LogP contribution in [0.4, 0.5) is 0 Å². The molecular weight excluding hydrogens is 188 g/mol. The van der Waals surface area contributed by atoms with Crippen molar-refractivity contribution in [2.75, 3.05) is 0 Å². The van der Waals surface area contributed by atoms with Gasteiger partial charge in [-0.15, -0.1) is 0 Å². The lowest BCUT2D eigenvalue weighted by molar-refractivity contribution is 0.682. The summed E-state index contributed by atoms with van der Waals surface area (Å²) >= 11 is 0. The molecule has 0 saturated carbocycles. The van der Waals surface area contributed by atoms with Gasteiger partial charge in [-0.3, -0.25) is 4.68 Å².